The first-order valence-electron chi connectivity index (χ1n) is 8.21. The predicted octanol–water partition coefficient (Wildman–Crippen LogP) is 3.29. The Morgan fingerprint density at radius 3 is 2.61 bits per heavy atom. The highest BCUT2D eigenvalue weighted by molar-refractivity contribution is 7.73. The minimum absolute atomic E-state index is 0.580. The minimum atomic E-state index is 0.580. The van der Waals surface area contributed by atoms with Crippen molar-refractivity contribution in [1.82, 2.24) is 9.78 Å². The quantitative estimate of drug-likeness (QED) is 0.716. The first-order chi connectivity index (χ1) is 11.0. The van der Waals surface area contributed by atoms with Crippen molar-refractivity contribution < 1.29 is 4.90 Å². The van der Waals surface area contributed by atoms with Crippen molar-refractivity contribution in [2.24, 2.45) is 0 Å². The molecule has 1 aromatic carbocycles. The van der Waals surface area contributed by atoms with E-state index in [-0.39, 0.29) is 0 Å². The maximum Gasteiger partial charge on any atom is 0.204 e. The molecule has 0 saturated heterocycles. The Balaban J connectivity index is 1.95. The highest BCUT2D eigenvalue weighted by atomic mass is 32.1. The number of nitrogens with zero attached hydrogens (tertiary/aromatic N) is 2. The lowest BCUT2D eigenvalue weighted by molar-refractivity contribution is -0.917. The molecule has 0 aliphatic heterocycles. The maximum atomic E-state index is 5.42. The molecule has 1 unspecified atom stereocenters. The molecule has 6 heteroatoms. The summed E-state index contributed by atoms with van der Waals surface area (Å²) in [5, 5.41) is 8.79. The van der Waals surface area contributed by atoms with Crippen molar-refractivity contribution in [1.29, 1.82) is 0 Å². The lowest BCUT2D eigenvalue weighted by atomic mass is 10.0. The first-order valence-corrected chi connectivity index (χ1v) is 9.44. The van der Waals surface area contributed by atoms with Gasteiger partial charge in [0.25, 0.3) is 0 Å². The monoisotopic (exact) mass is 351 g/mol. The molecule has 0 amide bonds. The smallest absolute Gasteiger partial charge is 0.204 e. The number of benzene rings is 1. The summed E-state index contributed by atoms with van der Waals surface area (Å²) < 4.78 is 2.76. The van der Waals surface area contributed by atoms with Crippen molar-refractivity contribution in [2.45, 2.75) is 46.3 Å². The zero-order chi connectivity index (χ0) is 16.8. The van der Waals surface area contributed by atoms with Crippen LogP contribution in [0.15, 0.2) is 24.3 Å². The first kappa shape index (κ1) is 18.1. The summed E-state index contributed by atoms with van der Waals surface area (Å²) in [5.41, 5.74) is 2.73. The van der Waals surface area contributed by atoms with Crippen LogP contribution in [0.3, 0.4) is 0 Å². The van der Waals surface area contributed by atoms with E-state index in [1.165, 1.54) is 16.0 Å². The Bertz CT molecular complexity index is 658. The van der Waals surface area contributed by atoms with E-state index in [1.54, 1.807) is 11.3 Å². The summed E-state index contributed by atoms with van der Waals surface area (Å²) in [6, 6.07) is 8.92. The van der Waals surface area contributed by atoms with Gasteiger partial charge in [-0.3, -0.25) is 0 Å². The van der Waals surface area contributed by atoms with Crippen molar-refractivity contribution in [2.75, 3.05) is 18.9 Å². The third-order valence-corrected chi connectivity index (χ3v) is 4.97. The minimum Gasteiger partial charge on any atom is -0.360 e. The van der Waals surface area contributed by atoms with Gasteiger partial charge < -0.3 is 10.2 Å². The van der Waals surface area contributed by atoms with Gasteiger partial charge in [0, 0.05) is 12.1 Å². The molecule has 2 N–H and O–H groups in total. The van der Waals surface area contributed by atoms with Gasteiger partial charge in [0.05, 0.1) is 7.05 Å². The highest BCUT2D eigenvalue weighted by Crippen LogP contribution is 2.15. The number of aromatic nitrogens is 2. The van der Waals surface area contributed by atoms with Crippen LogP contribution in [0.1, 0.15) is 44.2 Å². The Morgan fingerprint density at radius 2 is 2.00 bits per heavy atom. The van der Waals surface area contributed by atoms with E-state index in [1.807, 2.05) is 4.68 Å². The highest BCUT2D eigenvalue weighted by Gasteiger charge is 2.09. The molecule has 1 heterocycles. The Hall–Kier alpha value is -1.24. The van der Waals surface area contributed by atoms with Gasteiger partial charge in [0.15, 0.2) is 10.6 Å². The Morgan fingerprint density at radius 1 is 1.30 bits per heavy atom. The largest absolute Gasteiger partial charge is 0.360 e. The summed E-state index contributed by atoms with van der Waals surface area (Å²) in [4.78, 5) is 1.37. The molecule has 0 aliphatic carbocycles. The van der Waals surface area contributed by atoms with E-state index in [4.69, 9.17) is 12.2 Å². The number of quaternary nitrogens is 1. The van der Waals surface area contributed by atoms with Gasteiger partial charge in [-0.25, -0.2) is 0 Å². The third-order valence-electron chi connectivity index (χ3n) is 3.70. The molecule has 2 aromatic rings. The SMILES string of the molecule is CCCNc1nn(C[NH+](C)Cc2ccc(C(C)C)cc2)c(=S)s1. The van der Waals surface area contributed by atoms with E-state index in [2.05, 4.69) is 62.5 Å². The molecule has 4 nitrogen and oxygen atoms in total. The van der Waals surface area contributed by atoms with Crippen LogP contribution in [0.5, 0.6) is 0 Å². The number of rotatable bonds is 8. The van der Waals surface area contributed by atoms with Crippen LogP contribution in [0.4, 0.5) is 5.13 Å². The molecule has 0 bridgehead atoms. The van der Waals surface area contributed by atoms with Crippen molar-refractivity contribution >= 4 is 28.7 Å². The average Bonchev–Trinajstić information content (AvgIpc) is 2.85. The molecule has 126 valence electrons. The molecule has 0 spiro atoms. The summed E-state index contributed by atoms with van der Waals surface area (Å²) in [7, 11) is 2.18. The molecule has 0 saturated carbocycles. The molecule has 0 fully saturated rings. The van der Waals surface area contributed by atoms with E-state index < -0.39 is 0 Å². The zero-order valence-electron chi connectivity index (χ0n) is 14.4. The summed E-state index contributed by atoms with van der Waals surface area (Å²) in [6.45, 7) is 9.28. The van der Waals surface area contributed by atoms with Crippen LogP contribution in [0, 0.1) is 3.95 Å². The van der Waals surface area contributed by atoms with Crippen molar-refractivity contribution in [3.05, 3.63) is 39.3 Å². The second kappa shape index (κ2) is 8.57. The number of hydrogen-bond acceptors (Lipinski definition) is 4. The second-order valence-electron chi connectivity index (χ2n) is 6.29. The fourth-order valence-electron chi connectivity index (χ4n) is 2.39. The van der Waals surface area contributed by atoms with E-state index in [9.17, 15) is 0 Å². The molecule has 23 heavy (non-hydrogen) atoms. The lowest BCUT2D eigenvalue weighted by Crippen LogP contribution is -3.07. The molecule has 0 radical (unpaired) electrons. The van der Waals surface area contributed by atoms with Crippen LogP contribution in [-0.2, 0) is 13.2 Å². The number of hydrogen-bond donors (Lipinski definition) is 2. The fourth-order valence-corrected chi connectivity index (χ4v) is 3.42. The maximum absolute atomic E-state index is 5.42. The topological polar surface area (TPSA) is 34.3 Å². The second-order valence-corrected chi connectivity index (χ2v) is 7.91. The molecular weight excluding hydrogens is 324 g/mol. The van der Waals surface area contributed by atoms with Gasteiger partial charge in [-0.15, -0.1) is 5.10 Å². The van der Waals surface area contributed by atoms with Gasteiger partial charge in [0.2, 0.25) is 5.13 Å². The fraction of sp³-hybridized carbons (Fsp3) is 0.529. The van der Waals surface area contributed by atoms with Crippen LogP contribution < -0.4 is 10.2 Å². The Labute approximate surface area is 148 Å². The zero-order valence-corrected chi connectivity index (χ0v) is 16.1. The third kappa shape index (κ3) is 5.41. The molecular formula is C17H27N4S2+. The van der Waals surface area contributed by atoms with Gasteiger partial charge >= 0.3 is 0 Å². The van der Waals surface area contributed by atoms with Crippen LogP contribution >= 0.6 is 23.6 Å². The summed E-state index contributed by atoms with van der Waals surface area (Å²) in [6.07, 6.45) is 1.09. The number of anilines is 1. The van der Waals surface area contributed by atoms with E-state index >= 15 is 0 Å². The average molecular weight is 352 g/mol. The van der Waals surface area contributed by atoms with Gasteiger partial charge in [-0.05, 0) is 30.1 Å². The van der Waals surface area contributed by atoms with E-state index in [0.29, 0.717) is 5.92 Å². The summed E-state index contributed by atoms with van der Waals surface area (Å²) in [5.74, 6) is 0.580. The molecule has 0 aliphatic rings. The van der Waals surface area contributed by atoms with Crippen LogP contribution in [0.2, 0.25) is 0 Å². The number of nitrogens with one attached hydrogen (secondary N) is 2. The molecule has 1 aromatic heterocycles. The molecule has 1 atom stereocenters. The Kier molecular flexibility index (Phi) is 6.74. The van der Waals surface area contributed by atoms with Crippen LogP contribution in [0.25, 0.3) is 0 Å². The predicted molar refractivity (Wildman–Crippen MR) is 101 cm³/mol. The van der Waals surface area contributed by atoms with Crippen molar-refractivity contribution in [3.63, 3.8) is 0 Å². The van der Waals surface area contributed by atoms with Crippen molar-refractivity contribution in [3.8, 4) is 0 Å². The lowest BCUT2D eigenvalue weighted by Gasteiger charge is -2.14. The normalized spacial score (nSPS) is 12.6. The van der Waals surface area contributed by atoms with Gasteiger partial charge in [-0.2, -0.15) is 4.68 Å². The standard InChI is InChI=1S/C17H26N4S2/c1-5-10-18-16-19-21(17(22)23-16)12-20(4)11-14-6-8-15(9-7-14)13(2)3/h6-9,13H,5,10-12H2,1-4H3,(H,18,19)/p+1. The van der Waals surface area contributed by atoms with Gasteiger partial charge in [0.1, 0.15) is 6.54 Å². The molecule has 2 rings (SSSR count). The van der Waals surface area contributed by atoms with Gasteiger partial charge in [-0.1, -0.05) is 56.4 Å². The summed E-state index contributed by atoms with van der Waals surface area (Å²) >= 11 is 6.97. The van der Waals surface area contributed by atoms with E-state index in [0.717, 1.165) is 35.3 Å². The van der Waals surface area contributed by atoms with Crippen LogP contribution in [-0.4, -0.2) is 23.4 Å².